The molecule has 2 aromatic heterocycles. The van der Waals surface area contributed by atoms with Gasteiger partial charge in [-0.15, -0.1) is 0 Å². The van der Waals surface area contributed by atoms with Crippen LogP contribution in [0.3, 0.4) is 0 Å². The molecule has 4 heterocycles. The molecule has 3 atom stereocenters. The molecular weight excluding hydrogens is 573 g/mol. The van der Waals surface area contributed by atoms with Gasteiger partial charge in [0.1, 0.15) is 25.3 Å². The monoisotopic (exact) mass is 607 g/mol. The molecule has 3 N–H and O–H groups in total. The molecule has 3 aromatic rings. The maximum Gasteiger partial charge on any atom is 0.258 e. The number of likely N-dealkylation sites (N-methyl/N-ethyl adjacent to an activating group) is 1. The fourth-order valence-corrected chi connectivity index (χ4v) is 6.80. The average molecular weight is 608 g/mol. The van der Waals surface area contributed by atoms with E-state index in [2.05, 4.69) is 29.1 Å². The number of hydrogen-bond donors (Lipinski definition) is 3. The fraction of sp³-hybridized carbons (Fsp3) is 0.406. The van der Waals surface area contributed by atoms with Crippen LogP contribution in [0.5, 0.6) is 0 Å². The van der Waals surface area contributed by atoms with E-state index in [4.69, 9.17) is 26.1 Å². The number of halogens is 2. The molecule has 43 heavy (non-hydrogen) atoms. The van der Waals surface area contributed by atoms with E-state index >= 15 is 4.39 Å². The Morgan fingerprint density at radius 1 is 1.33 bits per heavy atom. The molecule has 9 nitrogen and oxygen atoms in total. The summed E-state index contributed by atoms with van der Waals surface area (Å²) in [5, 5.41) is 9.98. The van der Waals surface area contributed by atoms with Gasteiger partial charge in [-0.05, 0) is 56.0 Å². The largest absolute Gasteiger partial charge is 0.493 e. The van der Waals surface area contributed by atoms with E-state index in [-0.39, 0.29) is 42.3 Å². The molecule has 0 fully saturated rings. The van der Waals surface area contributed by atoms with Gasteiger partial charge in [0.15, 0.2) is 0 Å². The highest BCUT2D eigenvalue weighted by Crippen LogP contribution is 2.46. The van der Waals surface area contributed by atoms with Gasteiger partial charge in [0.05, 0.1) is 45.8 Å². The van der Waals surface area contributed by atoms with Gasteiger partial charge in [0, 0.05) is 35.2 Å². The zero-order chi connectivity index (χ0) is 30.6. The Morgan fingerprint density at radius 3 is 2.86 bits per heavy atom. The summed E-state index contributed by atoms with van der Waals surface area (Å²) in [4.78, 5) is 32.0. The van der Waals surface area contributed by atoms with Crippen LogP contribution in [0.4, 0.5) is 4.39 Å². The van der Waals surface area contributed by atoms with Crippen molar-refractivity contribution in [2.45, 2.75) is 64.3 Å². The second-order valence-electron chi connectivity index (χ2n) is 11.3. The Kier molecular flexibility index (Phi) is 7.78. The second kappa shape index (κ2) is 11.4. The molecule has 1 aromatic carbocycles. The van der Waals surface area contributed by atoms with E-state index in [1.165, 1.54) is 6.07 Å². The molecule has 0 bridgehead atoms. The summed E-state index contributed by atoms with van der Waals surface area (Å²) < 4.78 is 28.2. The fourth-order valence-electron chi connectivity index (χ4n) is 6.56. The summed E-state index contributed by atoms with van der Waals surface area (Å²) in [6.45, 7) is 12.8. The molecule has 1 amide bonds. The standard InChI is InChI=1S/C32H35ClFN5O4/c1-6-18-16(3)42-13-22-20(18)9-26-30-21(12-39(26)32(22)41)28-24(38-31(40)17(4)43-14-36-15(2)11-35-5)8-7-19-27(28)25(37-30)10-23(34)29(19)33/h9-10,17-18,24,35-36H,2-3,6-8,11-14H2,1,4-5H3,(H,38,40). The van der Waals surface area contributed by atoms with E-state index in [9.17, 15) is 9.59 Å². The molecule has 0 saturated heterocycles. The first kappa shape index (κ1) is 29.3. The molecule has 0 spiro atoms. The lowest BCUT2D eigenvalue weighted by Gasteiger charge is -2.30. The topological polar surface area (TPSA) is 107 Å². The van der Waals surface area contributed by atoms with Gasteiger partial charge in [-0.2, -0.15) is 0 Å². The summed E-state index contributed by atoms with van der Waals surface area (Å²) in [5.74, 6) is -0.293. The summed E-state index contributed by atoms with van der Waals surface area (Å²) in [7, 11) is 1.82. The third-order valence-electron chi connectivity index (χ3n) is 8.74. The number of carbonyl (C=O) groups is 1. The highest BCUT2D eigenvalue weighted by molar-refractivity contribution is 6.32. The van der Waals surface area contributed by atoms with Crippen molar-refractivity contribution in [3.63, 3.8) is 0 Å². The van der Waals surface area contributed by atoms with Gasteiger partial charge in [-0.25, -0.2) is 9.37 Å². The van der Waals surface area contributed by atoms with E-state index in [0.717, 1.165) is 34.2 Å². The number of pyridine rings is 2. The minimum Gasteiger partial charge on any atom is -0.493 e. The van der Waals surface area contributed by atoms with Gasteiger partial charge in [0.25, 0.3) is 5.56 Å². The summed E-state index contributed by atoms with van der Waals surface area (Å²) >= 11 is 6.48. The first-order valence-electron chi connectivity index (χ1n) is 14.5. The van der Waals surface area contributed by atoms with Gasteiger partial charge in [0.2, 0.25) is 5.91 Å². The van der Waals surface area contributed by atoms with E-state index in [1.807, 2.05) is 20.0 Å². The van der Waals surface area contributed by atoms with E-state index in [0.29, 0.717) is 53.2 Å². The molecular formula is C32H35ClFN5O4. The predicted octanol–water partition coefficient (Wildman–Crippen LogP) is 4.54. The summed E-state index contributed by atoms with van der Waals surface area (Å²) in [5.41, 5.74) is 6.15. The number of rotatable bonds is 9. The van der Waals surface area contributed by atoms with Crippen molar-refractivity contribution in [3.8, 4) is 11.4 Å². The quantitative estimate of drug-likeness (QED) is 0.240. The number of hydrogen-bond acceptors (Lipinski definition) is 7. The van der Waals surface area contributed by atoms with Crippen molar-refractivity contribution >= 4 is 28.4 Å². The van der Waals surface area contributed by atoms with Crippen LogP contribution in [-0.2, 0) is 33.8 Å². The van der Waals surface area contributed by atoms with Crippen LogP contribution in [0.15, 0.2) is 41.5 Å². The van der Waals surface area contributed by atoms with Gasteiger partial charge < -0.3 is 30.0 Å². The predicted molar refractivity (Wildman–Crippen MR) is 163 cm³/mol. The first-order chi connectivity index (χ1) is 20.6. The lowest BCUT2D eigenvalue weighted by Crippen LogP contribution is -2.40. The summed E-state index contributed by atoms with van der Waals surface area (Å²) in [6.07, 6.45) is 0.956. The normalized spacial score (nSPS) is 18.9. The van der Waals surface area contributed by atoms with Gasteiger partial charge in [-0.3, -0.25) is 9.59 Å². The minimum atomic E-state index is -0.746. The van der Waals surface area contributed by atoms with E-state index < -0.39 is 18.0 Å². The number of nitrogens with zero attached hydrogens (tertiary/aromatic N) is 2. The number of carbonyl (C=O) groups excluding carboxylic acids is 1. The third-order valence-corrected chi connectivity index (χ3v) is 9.15. The number of aryl methyl sites for hydroxylation is 1. The van der Waals surface area contributed by atoms with Crippen molar-refractivity contribution in [1.82, 2.24) is 25.5 Å². The lowest BCUT2D eigenvalue weighted by atomic mass is 9.83. The van der Waals surface area contributed by atoms with E-state index in [1.54, 1.807) is 11.5 Å². The highest BCUT2D eigenvalue weighted by Gasteiger charge is 2.37. The Morgan fingerprint density at radius 2 is 2.12 bits per heavy atom. The van der Waals surface area contributed by atoms with Crippen LogP contribution in [0.25, 0.3) is 22.3 Å². The zero-order valence-electron chi connectivity index (χ0n) is 24.5. The van der Waals surface area contributed by atoms with Crippen LogP contribution < -0.4 is 21.5 Å². The number of allylic oxidation sites excluding steroid dienone is 1. The average Bonchev–Trinajstić information content (AvgIpc) is 3.35. The second-order valence-corrected chi connectivity index (χ2v) is 11.7. The SMILES string of the molecule is C=C(CNC)NCOC(C)C(=O)NC1CCc2c(Cl)c(F)cc3nc4c(c1c23)Cn1c-4cc2c(c1=O)COC(=C)C2CC. The van der Waals surface area contributed by atoms with Crippen LogP contribution in [0, 0.1) is 5.82 Å². The number of ether oxygens (including phenoxy) is 2. The Balaban J connectivity index is 1.41. The molecule has 1 aliphatic carbocycles. The van der Waals surface area contributed by atoms with Crippen LogP contribution >= 0.6 is 11.6 Å². The molecule has 3 unspecified atom stereocenters. The molecule has 2 aliphatic heterocycles. The number of nitrogens with one attached hydrogen (secondary N) is 3. The van der Waals surface area contributed by atoms with Crippen LogP contribution in [-0.4, -0.2) is 41.9 Å². The summed E-state index contributed by atoms with van der Waals surface area (Å²) in [6, 6.07) is 2.93. The smallest absolute Gasteiger partial charge is 0.258 e. The van der Waals surface area contributed by atoms with Crippen LogP contribution in [0.2, 0.25) is 5.02 Å². The van der Waals surface area contributed by atoms with Gasteiger partial charge >= 0.3 is 0 Å². The molecule has 3 aliphatic rings. The molecule has 226 valence electrons. The minimum absolute atomic E-state index is 0.0643. The van der Waals surface area contributed by atoms with Crippen molar-refractivity contribution in [3.05, 3.63) is 85.8 Å². The Bertz CT molecular complexity index is 1750. The Hall–Kier alpha value is -3.73. The number of benzene rings is 1. The van der Waals surface area contributed by atoms with Gasteiger partial charge in [-0.1, -0.05) is 31.7 Å². The van der Waals surface area contributed by atoms with Crippen molar-refractivity contribution in [1.29, 1.82) is 0 Å². The zero-order valence-corrected chi connectivity index (χ0v) is 25.3. The number of aromatic nitrogens is 2. The van der Waals surface area contributed by atoms with Crippen molar-refractivity contribution in [2.75, 3.05) is 20.3 Å². The molecule has 11 heteroatoms. The molecule has 6 rings (SSSR count). The molecule has 0 saturated carbocycles. The number of amides is 1. The maximum atomic E-state index is 15.0. The molecule has 0 radical (unpaired) electrons. The highest BCUT2D eigenvalue weighted by atomic mass is 35.5. The van der Waals surface area contributed by atoms with Crippen molar-refractivity contribution < 1.29 is 18.7 Å². The third kappa shape index (κ3) is 4.91. The Labute approximate surface area is 254 Å². The lowest BCUT2D eigenvalue weighted by molar-refractivity contribution is -0.132. The van der Waals surface area contributed by atoms with Crippen molar-refractivity contribution in [2.24, 2.45) is 0 Å². The first-order valence-corrected chi connectivity index (χ1v) is 14.9. The number of fused-ring (bicyclic) bond motifs is 5. The van der Waals surface area contributed by atoms with Crippen LogP contribution in [0.1, 0.15) is 66.5 Å². The maximum absolute atomic E-state index is 15.0.